The van der Waals surface area contributed by atoms with Crippen molar-refractivity contribution in [3.8, 4) is 0 Å². The lowest BCUT2D eigenvalue weighted by Gasteiger charge is -2.36. The van der Waals surface area contributed by atoms with Crippen LogP contribution in [0, 0.1) is 0 Å². The number of rotatable bonds is 2. The maximum absolute atomic E-state index is 12.5. The Morgan fingerprint density at radius 3 is 2.76 bits per heavy atom. The molecule has 0 saturated carbocycles. The van der Waals surface area contributed by atoms with Gasteiger partial charge in [-0.3, -0.25) is 4.79 Å². The van der Waals surface area contributed by atoms with Gasteiger partial charge in [0.2, 0.25) is 0 Å². The first-order valence-electron chi connectivity index (χ1n) is 7.22. The predicted molar refractivity (Wildman–Crippen MR) is 82.0 cm³/mol. The molecular weight excluding hydrogens is 336 g/mol. The molecule has 5 nitrogen and oxygen atoms in total. The molecule has 114 valence electrons. The molecule has 1 aromatic carbocycles. The van der Waals surface area contributed by atoms with E-state index in [0.717, 1.165) is 16.6 Å². The summed E-state index contributed by atoms with van der Waals surface area (Å²) in [5.41, 5.74) is 1.10. The van der Waals surface area contributed by atoms with E-state index in [9.17, 15) is 4.79 Å². The first-order valence-corrected chi connectivity index (χ1v) is 8.01. The minimum Gasteiger partial charge on any atom is -0.370 e. The van der Waals surface area contributed by atoms with E-state index < -0.39 is 0 Å². The maximum atomic E-state index is 12.5. The van der Waals surface area contributed by atoms with Gasteiger partial charge in [-0.05, 0) is 17.7 Å². The summed E-state index contributed by atoms with van der Waals surface area (Å²) in [4.78, 5) is 14.3. The van der Waals surface area contributed by atoms with E-state index in [2.05, 4.69) is 21.2 Å². The van der Waals surface area contributed by atoms with Crippen molar-refractivity contribution in [1.82, 2.24) is 10.2 Å². The van der Waals surface area contributed by atoms with E-state index in [1.807, 2.05) is 29.2 Å². The van der Waals surface area contributed by atoms with Crippen LogP contribution >= 0.6 is 15.9 Å². The van der Waals surface area contributed by atoms with Gasteiger partial charge >= 0.3 is 0 Å². The number of carbonyl (C=O) groups excluding carboxylic acids is 1. The highest BCUT2D eigenvalue weighted by Crippen LogP contribution is 2.24. The van der Waals surface area contributed by atoms with Crippen LogP contribution in [-0.2, 0) is 14.3 Å². The van der Waals surface area contributed by atoms with Gasteiger partial charge in [0.15, 0.2) is 0 Å². The zero-order valence-electron chi connectivity index (χ0n) is 11.8. The lowest BCUT2D eigenvalue weighted by molar-refractivity contribution is -0.152. The molecule has 1 aromatic rings. The van der Waals surface area contributed by atoms with Gasteiger partial charge < -0.3 is 19.7 Å². The summed E-state index contributed by atoms with van der Waals surface area (Å²) in [7, 11) is 0. The molecule has 1 N–H and O–H groups in total. The van der Waals surface area contributed by atoms with Gasteiger partial charge in [-0.2, -0.15) is 0 Å². The van der Waals surface area contributed by atoms with Crippen molar-refractivity contribution in [1.29, 1.82) is 0 Å². The van der Waals surface area contributed by atoms with Crippen molar-refractivity contribution in [2.45, 2.75) is 12.2 Å². The molecule has 0 radical (unpaired) electrons. The van der Waals surface area contributed by atoms with Crippen LogP contribution < -0.4 is 5.32 Å². The monoisotopic (exact) mass is 354 g/mol. The average molecular weight is 355 g/mol. The Kier molecular flexibility index (Phi) is 4.90. The second kappa shape index (κ2) is 6.87. The number of amides is 1. The summed E-state index contributed by atoms with van der Waals surface area (Å²) in [5, 5.41) is 3.19. The van der Waals surface area contributed by atoms with E-state index in [-0.39, 0.29) is 18.1 Å². The summed E-state index contributed by atoms with van der Waals surface area (Å²) in [6.07, 6.45) is -0.422. The number of hydrogen-bond donors (Lipinski definition) is 1. The van der Waals surface area contributed by atoms with Gasteiger partial charge in [-0.15, -0.1) is 0 Å². The third-order valence-electron chi connectivity index (χ3n) is 3.82. The Morgan fingerprint density at radius 1 is 1.24 bits per heavy atom. The minimum atomic E-state index is -0.359. The first kappa shape index (κ1) is 15.0. The summed E-state index contributed by atoms with van der Waals surface area (Å²) < 4.78 is 12.4. The third kappa shape index (κ3) is 3.63. The number of benzene rings is 1. The Balaban J connectivity index is 1.64. The zero-order valence-corrected chi connectivity index (χ0v) is 13.3. The fourth-order valence-electron chi connectivity index (χ4n) is 2.66. The number of nitrogens with zero attached hydrogens (tertiary/aromatic N) is 1. The Hall–Kier alpha value is -0.950. The van der Waals surface area contributed by atoms with Crippen LogP contribution in [0.4, 0.5) is 0 Å². The summed E-state index contributed by atoms with van der Waals surface area (Å²) in [5.74, 6) is 0.0626. The molecule has 0 spiro atoms. The van der Waals surface area contributed by atoms with E-state index in [1.165, 1.54) is 0 Å². The molecule has 2 atom stereocenters. The third-order valence-corrected chi connectivity index (χ3v) is 4.35. The van der Waals surface area contributed by atoms with Crippen LogP contribution in [0.5, 0.6) is 0 Å². The number of ether oxygens (including phenoxy) is 2. The molecule has 6 heteroatoms. The highest BCUT2D eigenvalue weighted by Gasteiger charge is 2.31. The van der Waals surface area contributed by atoms with E-state index in [1.54, 1.807) is 0 Å². The van der Waals surface area contributed by atoms with Crippen molar-refractivity contribution >= 4 is 21.8 Å². The molecule has 0 bridgehead atoms. The molecule has 2 aliphatic rings. The van der Waals surface area contributed by atoms with Gasteiger partial charge in [0, 0.05) is 24.1 Å². The van der Waals surface area contributed by atoms with Gasteiger partial charge in [-0.25, -0.2) is 0 Å². The molecule has 3 rings (SSSR count). The van der Waals surface area contributed by atoms with Crippen molar-refractivity contribution in [2.24, 2.45) is 0 Å². The van der Waals surface area contributed by atoms with Crippen LogP contribution in [0.25, 0.3) is 0 Å². The standard InChI is InChI=1S/C15H19BrN2O3/c16-12-3-1-11(2-4-12)14-10-18(6-8-21-14)15(19)13-9-17-5-7-20-13/h1-4,13-14,17H,5-10H2. The topological polar surface area (TPSA) is 50.8 Å². The number of carbonyl (C=O) groups is 1. The Morgan fingerprint density at radius 2 is 2.05 bits per heavy atom. The molecular formula is C15H19BrN2O3. The SMILES string of the molecule is O=C(C1CNCCO1)N1CCOC(c2ccc(Br)cc2)C1. The van der Waals surface area contributed by atoms with Gasteiger partial charge in [-0.1, -0.05) is 28.1 Å². The molecule has 2 aliphatic heterocycles. The summed E-state index contributed by atoms with van der Waals surface area (Å²) in [6, 6.07) is 8.05. The largest absolute Gasteiger partial charge is 0.370 e. The highest BCUT2D eigenvalue weighted by molar-refractivity contribution is 9.10. The van der Waals surface area contributed by atoms with Crippen molar-refractivity contribution in [3.05, 3.63) is 34.3 Å². The molecule has 21 heavy (non-hydrogen) atoms. The average Bonchev–Trinajstić information content (AvgIpc) is 2.56. The predicted octanol–water partition coefficient (Wildman–Crippen LogP) is 1.34. The Labute approximate surface area is 132 Å². The van der Waals surface area contributed by atoms with Crippen molar-refractivity contribution in [3.63, 3.8) is 0 Å². The number of nitrogens with one attached hydrogen (secondary N) is 1. The second-order valence-corrected chi connectivity index (χ2v) is 6.17. The first-order chi connectivity index (χ1) is 10.2. The lowest BCUT2D eigenvalue weighted by Crippen LogP contribution is -2.52. The zero-order chi connectivity index (χ0) is 14.7. The van der Waals surface area contributed by atoms with Crippen LogP contribution in [0.1, 0.15) is 11.7 Å². The molecule has 2 saturated heterocycles. The number of morpholine rings is 2. The quantitative estimate of drug-likeness (QED) is 0.870. The van der Waals surface area contributed by atoms with Gasteiger partial charge in [0.05, 0.1) is 19.8 Å². The van der Waals surface area contributed by atoms with E-state index >= 15 is 0 Å². The summed E-state index contributed by atoms with van der Waals surface area (Å²) >= 11 is 3.43. The maximum Gasteiger partial charge on any atom is 0.253 e. The lowest BCUT2D eigenvalue weighted by atomic mass is 10.1. The summed E-state index contributed by atoms with van der Waals surface area (Å²) in [6.45, 7) is 3.78. The fraction of sp³-hybridized carbons (Fsp3) is 0.533. The molecule has 1 amide bonds. The molecule has 2 fully saturated rings. The number of halogens is 1. The van der Waals surface area contributed by atoms with E-state index in [0.29, 0.717) is 32.8 Å². The van der Waals surface area contributed by atoms with Gasteiger partial charge in [0.25, 0.3) is 5.91 Å². The molecule has 0 aliphatic carbocycles. The normalized spacial score (nSPS) is 26.6. The van der Waals surface area contributed by atoms with Crippen molar-refractivity contribution in [2.75, 3.05) is 39.4 Å². The van der Waals surface area contributed by atoms with Crippen molar-refractivity contribution < 1.29 is 14.3 Å². The highest BCUT2D eigenvalue weighted by atomic mass is 79.9. The smallest absolute Gasteiger partial charge is 0.253 e. The fourth-order valence-corrected chi connectivity index (χ4v) is 2.92. The Bertz CT molecular complexity index is 488. The van der Waals surface area contributed by atoms with Gasteiger partial charge in [0.1, 0.15) is 12.2 Å². The van der Waals surface area contributed by atoms with Crippen LogP contribution in [0.15, 0.2) is 28.7 Å². The molecule has 0 aromatic heterocycles. The minimum absolute atomic E-state index is 0.0626. The van der Waals surface area contributed by atoms with Crippen LogP contribution in [0.3, 0.4) is 0 Å². The van der Waals surface area contributed by atoms with Crippen LogP contribution in [0.2, 0.25) is 0 Å². The van der Waals surface area contributed by atoms with Crippen LogP contribution in [-0.4, -0.2) is 56.3 Å². The second-order valence-electron chi connectivity index (χ2n) is 5.26. The van der Waals surface area contributed by atoms with E-state index in [4.69, 9.17) is 9.47 Å². The molecule has 2 unspecified atom stereocenters. The number of hydrogen-bond acceptors (Lipinski definition) is 4. The molecule has 2 heterocycles.